The maximum atomic E-state index is 14.4. The predicted molar refractivity (Wildman–Crippen MR) is 191 cm³/mol. The minimum Gasteiger partial charge on any atom is -0.493 e. The summed E-state index contributed by atoms with van der Waals surface area (Å²) in [4.78, 5) is 14.3. The minimum absolute atomic E-state index is 0.00576. The summed E-state index contributed by atoms with van der Waals surface area (Å²) in [5.41, 5.74) is 4.32. The molecule has 0 bridgehead atoms. The van der Waals surface area contributed by atoms with E-state index in [1.54, 1.807) is 13.0 Å². The van der Waals surface area contributed by atoms with Gasteiger partial charge >= 0.3 is 0 Å². The monoisotopic (exact) mass is 668 g/mol. The van der Waals surface area contributed by atoms with Crippen molar-refractivity contribution in [2.75, 3.05) is 20.8 Å². The zero-order valence-corrected chi connectivity index (χ0v) is 29.1. The molecule has 1 heterocycles. The Morgan fingerprint density at radius 1 is 0.812 bits per heavy atom. The van der Waals surface area contributed by atoms with Crippen LogP contribution in [-0.2, 0) is 34.1 Å². The van der Waals surface area contributed by atoms with Gasteiger partial charge in [-0.15, -0.1) is 0 Å². The molecule has 1 N–H and O–H groups in total. The summed E-state index contributed by atoms with van der Waals surface area (Å²) in [6.45, 7) is 2.05. The fourth-order valence-electron chi connectivity index (χ4n) is 6.88. The number of methoxy groups -OCH3 is 2. The van der Waals surface area contributed by atoms with Gasteiger partial charge in [0.15, 0.2) is 11.5 Å². The van der Waals surface area contributed by atoms with Crippen LogP contribution in [-0.4, -0.2) is 51.5 Å². The van der Waals surface area contributed by atoms with Gasteiger partial charge in [0.1, 0.15) is 6.04 Å². The van der Waals surface area contributed by atoms with Crippen molar-refractivity contribution in [2.45, 2.75) is 75.3 Å². The van der Waals surface area contributed by atoms with Crippen molar-refractivity contribution in [3.05, 3.63) is 125 Å². The van der Waals surface area contributed by atoms with E-state index in [0.717, 1.165) is 44.1 Å². The third kappa shape index (κ3) is 9.05. The van der Waals surface area contributed by atoms with Crippen LogP contribution in [0.2, 0.25) is 0 Å². The van der Waals surface area contributed by atoms with E-state index in [4.69, 9.17) is 9.47 Å². The fraction of sp³-hybridized carbons (Fsp3) is 0.375. The van der Waals surface area contributed by atoms with Gasteiger partial charge in [-0.05, 0) is 92.5 Å². The molecule has 1 amide bonds. The van der Waals surface area contributed by atoms with Crippen LogP contribution in [0.1, 0.15) is 54.4 Å². The molecule has 0 spiro atoms. The van der Waals surface area contributed by atoms with Crippen LogP contribution in [0.3, 0.4) is 0 Å². The van der Waals surface area contributed by atoms with Crippen LogP contribution >= 0.6 is 0 Å². The first-order chi connectivity index (χ1) is 23.3. The van der Waals surface area contributed by atoms with Gasteiger partial charge in [0.05, 0.1) is 19.1 Å². The quantitative estimate of drug-likeness (QED) is 0.137. The zero-order chi connectivity index (χ0) is 33.9. The molecule has 1 fully saturated rings. The highest BCUT2D eigenvalue weighted by atomic mass is 32.2. The molecule has 2 atom stereocenters. The number of hydrogen-bond donors (Lipinski definition) is 1. The van der Waals surface area contributed by atoms with Gasteiger partial charge in [-0.2, -0.15) is 4.31 Å². The second-order valence-electron chi connectivity index (χ2n) is 12.8. The second-order valence-corrected chi connectivity index (χ2v) is 14.7. The zero-order valence-electron chi connectivity index (χ0n) is 28.3. The summed E-state index contributed by atoms with van der Waals surface area (Å²) >= 11 is 0. The summed E-state index contributed by atoms with van der Waals surface area (Å²) in [6, 6.07) is 33.1. The molecule has 254 valence electrons. The van der Waals surface area contributed by atoms with E-state index in [9.17, 15) is 13.2 Å². The maximum Gasteiger partial charge on any atom is 0.243 e. The normalized spacial score (nSPS) is 16.6. The lowest BCUT2D eigenvalue weighted by Gasteiger charge is -2.27. The van der Waals surface area contributed by atoms with Crippen LogP contribution in [0.4, 0.5) is 0 Å². The smallest absolute Gasteiger partial charge is 0.243 e. The van der Waals surface area contributed by atoms with E-state index in [-0.39, 0.29) is 29.3 Å². The van der Waals surface area contributed by atoms with Crippen LogP contribution < -0.4 is 14.8 Å². The van der Waals surface area contributed by atoms with E-state index in [1.807, 2.05) is 30.3 Å². The predicted octanol–water partition coefficient (Wildman–Crippen LogP) is 7.16. The average molecular weight is 669 g/mol. The van der Waals surface area contributed by atoms with Crippen molar-refractivity contribution < 1.29 is 22.7 Å². The Morgan fingerprint density at radius 3 is 1.88 bits per heavy atom. The molecule has 4 aromatic rings. The van der Waals surface area contributed by atoms with Crippen molar-refractivity contribution >= 4 is 15.9 Å². The van der Waals surface area contributed by atoms with Crippen LogP contribution in [0.15, 0.2) is 108 Å². The number of amides is 1. The molecule has 1 unspecified atom stereocenters. The third-order valence-corrected chi connectivity index (χ3v) is 11.2. The largest absolute Gasteiger partial charge is 0.493 e. The molecule has 1 aliphatic heterocycles. The number of carbonyl (C=O) groups excluding carboxylic acids is 1. The highest BCUT2D eigenvalue weighted by molar-refractivity contribution is 7.89. The molecule has 5 rings (SSSR count). The molecule has 1 aliphatic rings. The molecule has 0 aliphatic carbocycles. The topological polar surface area (TPSA) is 84.9 Å². The van der Waals surface area contributed by atoms with Crippen molar-refractivity contribution in [1.82, 2.24) is 9.62 Å². The van der Waals surface area contributed by atoms with Crippen molar-refractivity contribution in [2.24, 2.45) is 5.92 Å². The lowest BCUT2D eigenvalue weighted by atomic mass is 9.96. The van der Waals surface area contributed by atoms with Gasteiger partial charge in [-0.1, -0.05) is 91.0 Å². The summed E-state index contributed by atoms with van der Waals surface area (Å²) in [5, 5.41) is 3.33. The first-order valence-electron chi connectivity index (χ1n) is 16.9. The second kappa shape index (κ2) is 16.8. The number of nitrogens with zero attached hydrogens (tertiary/aromatic N) is 1. The van der Waals surface area contributed by atoms with E-state index >= 15 is 0 Å². The lowest BCUT2D eigenvalue weighted by Crippen LogP contribution is -2.48. The molecule has 48 heavy (non-hydrogen) atoms. The fourth-order valence-corrected chi connectivity index (χ4v) is 8.65. The summed E-state index contributed by atoms with van der Waals surface area (Å²) < 4.78 is 41.1. The SMILES string of the molecule is COc1cc(S(=O)(=O)N2CC(Cc3ccccc3)C[C@H]2C(=O)NC(CCCc2ccccc2)CCCc2ccccc2)cc(C)c1OC. The van der Waals surface area contributed by atoms with Gasteiger partial charge in [-0.3, -0.25) is 4.79 Å². The van der Waals surface area contributed by atoms with Gasteiger partial charge in [-0.25, -0.2) is 8.42 Å². The standard InChI is InChI=1S/C40H48N2O5S/c1-30-25-36(28-38(46-2)39(30)47-3)48(44,45)42-29-34(26-33-19-11-6-12-20-33)27-37(42)40(43)41-35(23-13-21-31-15-7-4-8-16-31)24-14-22-32-17-9-5-10-18-32/h4-12,15-20,25,28,34-35,37H,13-14,21-24,26-27,29H2,1-3H3,(H,41,43)/t34?,37-/m0/s1. The number of aryl methyl sites for hydroxylation is 3. The molecule has 8 heteroatoms. The molecular formula is C40H48N2O5S. The third-order valence-electron chi connectivity index (χ3n) is 9.33. The van der Waals surface area contributed by atoms with Gasteiger partial charge < -0.3 is 14.8 Å². The van der Waals surface area contributed by atoms with E-state index in [2.05, 4.69) is 66.0 Å². The lowest BCUT2D eigenvalue weighted by molar-refractivity contribution is -0.125. The van der Waals surface area contributed by atoms with Crippen molar-refractivity contribution in [3.63, 3.8) is 0 Å². The van der Waals surface area contributed by atoms with Crippen LogP contribution in [0.25, 0.3) is 0 Å². The van der Waals surface area contributed by atoms with Gasteiger partial charge in [0.25, 0.3) is 0 Å². The molecule has 0 aromatic heterocycles. The highest BCUT2D eigenvalue weighted by Crippen LogP contribution is 2.37. The summed E-state index contributed by atoms with van der Waals surface area (Å²) in [6.07, 6.45) is 6.48. The Balaban J connectivity index is 1.37. The molecule has 0 radical (unpaired) electrons. The Morgan fingerprint density at radius 2 is 1.35 bits per heavy atom. The number of nitrogens with one attached hydrogen (secondary N) is 1. The van der Waals surface area contributed by atoms with Crippen LogP contribution in [0.5, 0.6) is 11.5 Å². The molecule has 7 nitrogen and oxygen atoms in total. The number of carbonyl (C=O) groups is 1. The number of sulfonamides is 1. The Kier molecular flexibility index (Phi) is 12.3. The molecule has 0 saturated carbocycles. The number of benzene rings is 4. The first-order valence-corrected chi connectivity index (χ1v) is 18.4. The summed E-state index contributed by atoms with van der Waals surface area (Å²) in [5.74, 6) is 0.599. The average Bonchev–Trinajstić information content (AvgIpc) is 3.54. The van der Waals surface area contributed by atoms with Crippen molar-refractivity contribution in [3.8, 4) is 11.5 Å². The van der Waals surface area contributed by atoms with Gasteiger partial charge in [0, 0.05) is 18.7 Å². The van der Waals surface area contributed by atoms with Crippen molar-refractivity contribution in [1.29, 1.82) is 0 Å². The summed E-state index contributed by atoms with van der Waals surface area (Å²) in [7, 11) is -1.02. The van der Waals surface area contributed by atoms with Crippen LogP contribution in [0, 0.1) is 12.8 Å². The Hall–Kier alpha value is -4.14. The number of ether oxygens (including phenoxy) is 2. The number of hydrogen-bond acceptors (Lipinski definition) is 5. The molecule has 4 aromatic carbocycles. The first kappa shape index (κ1) is 35.2. The minimum atomic E-state index is -4.04. The van der Waals surface area contributed by atoms with Gasteiger partial charge in [0.2, 0.25) is 15.9 Å². The Labute approximate surface area is 286 Å². The highest BCUT2D eigenvalue weighted by Gasteiger charge is 2.44. The van der Waals surface area contributed by atoms with E-state index in [1.165, 1.54) is 35.7 Å². The maximum absolute atomic E-state index is 14.4. The Bertz CT molecular complexity index is 1670. The molecule has 1 saturated heterocycles. The number of rotatable bonds is 16. The molecular weight excluding hydrogens is 621 g/mol. The van der Waals surface area contributed by atoms with E-state index in [0.29, 0.717) is 29.9 Å². The van der Waals surface area contributed by atoms with E-state index < -0.39 is 16.1 Å².